The van der Waals surface area contributed by atoms with Crippen LogP contribution in [0, 0.1) is 13.8 Å². The summed E-state index contributed by atoms with van der Waals surface area (Å²) in [5.41, 5.74) is 3.06. The van der Waals surface area contributed by atoms with E-state index in [1.54, 1.807) is 42.6 Å². The number of aliphatic hydroxyl groups is 1. The first kappa shape index (κ1) is 21.3. The first-order valence-corrected chi connectivity index (χ1v) is 10.4. The number of ether oxygens (including phenoxy) is 1. The highest BCUT2D eigenvalue weighted by molar-refractivity contribution is 6.51. The van der Waals surface area contributed by atoms with Gasteiger partial charge in [0.1, 0.15) is 17.3 Å². The number of carbonyl (C=O) groups excluding carboxylic acids is 2. The highest BCUT2D eigenvalue weighted by Crippen LogP contribution is 2.41. The zero-order chi connectivity index (χ0) is 22.8. The third-order valence-corrected chi connectivity index (χ3v) is 5.48. The molecule has 2 heterocycles. The third-order valence-electron chi connectivity index (χ3n) is 5.48. The van der Waals surface area contributed by atoms with Crippen LogP contribution in [0.3, 0.4) is 0 Å². The van der Waals surface area contributed by atoms with Gasteiger partial charge in [0.2, 0.25) is 0 Å². The molecule has 1 aromatic heterocycles. The molecule has 4 rings (SSSR count). The molecule has 6 heteroatoms. The molecule has 0 radical (unpaired) electrons. The molecule has 3 aromatic rings. The molecule has 2 aromatic carbocycles. The van der Waals surface area contributed by atoms with Crippen molar-refractivity contribution in [2.24, 2.45) is 0 Å². The molecule has 32 heavy (non-hydrogen) atoms. The lowest BCUT2D eigenvalue weighted by molar-refractivity contribution is -0.132. The summed E-state index contributed by atoms with van der Waals surface area (Å²) in [5, 5.41) is 11.2. The number of carbonyl (C=O) groups is 2. The van der Waals surface area contributed by atoms with Crippen LogP contribution in [0.5, 0.6) is 5.75 Å². The van der Waals surface area contributed by atoms with Gasteiger partial charge in [-0.25, -0.2) is 4.98 Å². The minimum absolute atomic E-state index is 0.0352. The number of anilines is 1. The monoisotopic (exact) mass is 428 g/mol. The molecule has 162 valence electrons. The number of amides is 1. The van der Waals surface area contributed by atoms with E-state index >= 15 is 0 Å². The Bertz CT molecular complexity index is 1200. The minimum atomic E-state index is -0.794. The van der Waals surface area contributed by atoms with Gasteiger partial charge in [-0.2, -0.15) is 0 Å². The Hall–Kier alpha value is -3.93. The minimum Gasteiger partial charge on any atom is -0.507 e. The van der Waals surface area contributed by atoms with Gasteiger partial charge in [-0.05, 0) is 62.2 Å². The van der Waals surface area contributed by atoms with E-state index in [1.165, 1.54) is 4.90 Å². The lowest BCUT2D eigenvalue weighted by atomic mass is 9.94. The predicted octanol–water partition coefficient (Wildman–Crippen LogP) is 4.72. The number of rotatable bonds is 5. The standard InChI is InChI=1S/C26H24N2O4/c1-4-32-20-13-12-19(15-17(20)3)24(29)22-23(18-10-8-16(2)9-11-18)28(26(31)25(22)30)21-7-5-6-14-27-21/h5-15,23,29H,4H2,1-3H3/t23-/m1/s1. The second-order valence-corrected chi connectivity index (χ2v) is 7.68. The highest BCUT2D eigenvalue weighted by atomic mass is 16.5. The number of pyridine rings is 1. The first-order valence-electron chi connectivity index (χ1n) is 10.4. The first-order chi connectivity index (χ1) is 15.4. The van der Waals surface area contributed by atoms with E-state index in [0.29, 0.717) is 29.3 Å². The number of hydrogen-bond acceptors (Lipinski definition) is 5. The number of Topliss-reactive ketones (excluding diaryl/α,β-unsaturated/α-hetero) is 1. The topological polar surface area (TPSA) is 79.7 Å². The Kier molecular flexibility index (Phi) is 5.77. The van der Waals surface area contributed by atoms with Crippen LogP contribution >= 0.6 is 0 Å². The number of aliphatic hydroxyl groups excluding tert-OH is 1. The number of hydrogen-bond donors (Lipinski definition) is 1. The molecule has 6 nitrogen and oxygen atoms in total. The average molecular weight is 428 g/mol. The maximum Gasteiger partial charge on any atom is 0.301 e. The second kappa shape index (κ2) is 8.67. The molecule has 0 spiro atoms. The molecule has 1 N–H and O–H groups in total. The predicted molar refractivity (Wildman–Crippen MR) is 123 cm³/mol. The molecular weight excluding hydrogens is 404 g/mol. The van der Waals surface area contributed by atoms with Crippen LogP contribution < -0.4 is 9.64 Å². The summed E-state index contributed by atoms with van der Waals surface area (Å²) in [4.78, 5) is 31.9. The highest BCUT2D eigenvalue weighted by Gasteiger charge is 2.47. The van der Waals surface area contributed by atoms with E-state index in [4.69, 9.17) is 4.74 Å². The summed E-state index contributed by atoms with van der Waals surface area (Å²) in [6, 6.07) is 17.1. The van der Waals surface area contributed by atoms with Gasteiger partial charge in [-0.3, -0.25) is 14.5 Å². The quantitative estimate of drug-likeness (QED) is 0.361. The summed E-state index contributed by atoms with van der Waals surface area (Å²) < 4.78 is 5.58. The fourth-order valence-electron chi connectivity index (χ4n) is 3.90. The zero-order valence-electron chi connectivity index (χ0n) is 18.2. The summed E-state index contributed by atoms with van der Waals surface area (Å²) in [6.45, 7) is 6.25. The lowest BCUT2D eigenvalue weighted by Gasteiger charge is -2.24. The Labute approximate surface area is 186 Å². The van der Waals surface area contributed by atoms with Gasteiger partial charge in [0, 0.05) is 11.8 Å². The van der Waals surface area contributed by atoms with Crippen molar-refractivity contribution >= 4 is 23.3 Å². The second-order valence-electron chi connectivity index (χ2n) is 7.68. The number of benzene rings is 2. The molecule has 0 saturated carbocycles. The Balaban J connectivity index is 1.90. The SMILES string of the molecule is CCOc1ccc(C(O)=C2C(=O)C(=O)N(c3ccccn3)[C@@H]2c2ccc(C)cc2)cc1C. The third kappa shape index (κ3) is 3.75. The number of ketones is 1. The van der Waals surface area contributed by atoms with Crippen LogP contribution in [0.1, 0.15) is 35.2 Å². The maximum absolute atomic E-state index is 13.1. The van der Waals surface area contributed by atoms with Crippen molar-refractivity contribution in [2.45, 2.75) is 26.8 Å². The summed E-state index contributed by atoms with van der Waals surface area (Å²) >= 11 is 0. The van der Waals surface area contributed by atoms with Gasteiger partial charge in [-0.1, -0.05) is 35.9 Å². The van der Waals surface area contributed by atoms with E-state index in [-0.39, 0.29) is 11.3 Å². The molecule has 1 aliphatic rings. The van der Waals surface area contributed by atoms with E-state index < -0.39 is 17.7 Å². The number of nitrogens with zero attached hydrogens (tertiary/aromatic N) is 2. The van der Waals surface area contributed by atoms with Crippen LogP contribution in [-0.4, -0.2) is 28.4 Å². The van der Waals surface area contributed by atoms with E-state index in [1.807, 2.05) is 45.0 Å². The molecule has 0 aliphatic carbocycles. The van der Waals surface area contributed by atoms with Crippen molar-refractivity contribution in [3.8, 4) is 5.75 Å². The number of aryl methyl sites for hydroxylation is 2. The van der Waals surface area contributed by atoms with Gasteiger partial charge in [-0.15, -0.1) is 0 Å². The fourth-order valence-corrected chi connectivity index (χ4v) is 3.90. The van der Waals surface area contributed by atoms with Crippen molar-refractivity contribution in [1.82, 2.24) is 4.98 Å². The molecule has 1 saturated heterocycles. The normalized spacial score (nSPS) is 17.6. The molecule has 1 aliphatic heterocycles. The summed E-state index contributed by atoms with van der Waals surface area (Å²) in [5.74, 6) is -0.641. The Morgan fingerprint density at radius 3 is 2.44 bits per heavy atom. The van der Waals surface area contributed by atoms with Gasteiger partial charge in [0.05, 0.1) is 18.2 Å². The van der Waals surface area contributed by atoms with Crippen LogP contribution in [0.4, 0.5) is 5.82 Å². The van der Waals surface area contributed by atoms with E-state index in [0.717, 1.165) is 11.1 Å². The molecular formula is C26H24N2O4. The van der Waals surface area contributed by atoms with Gasteiger partial charge >= 0.3 is 5.91 Å². The molecule has 0 unspecified atom stereocenters. The van der Waals surface area contributed by atoms with Crippen LogP contribution in [0.25, 0.3) is 5.76 Å². The average Bonchev–Trinajstić information content (AvgIpc) is 3.06. The van der Waals surface area contributed by atoms with Crippen LogP contribution in [0.2, 0.25) is 0 Å². The number of aromatic nitrogens is 1. The van der Waals surface area contributed by atoms with E-state index in [9.17, 15) is 14.7 Å². The van der Waals surface area contributed by atoms with E-state index in [2.05, 4.69) is 4.98 Å². The summed E-state index contributed by atoms with van der Waals surface area (Å²) in [6.07, 6.45) is 1.57. The van der Waals surface area contributed by atoms with Crippen molar-refractivity contribution in [3.63, 3.8) is 0 Å². The van der Waals surface area contributed by atoms with Crippen LogP contribution in [0.15, 0.2) is 72.4 Å². The van der Waals surface area contributed by atoms with Crippen molar-refractivity contribution in [1.29, 1.82) is 0 Å². The fraction of sp³-hybridized carbons (Fsp3) is 0.192. The Morgan fingerprint density at radius 2 is 1.81 bits per heavy atom. The van der Waals surface area contributed by atoms with Crippen molar-refractivity contribution in [2.75, 3.05) is 11.5 Å². The smallest absolute Gasteiger partial charge is 0.301 e. The lowest BCUT2D eigenvalue weighted by Crippen LogP contribution is -2.30. The van der Waals surface area contributed by atoms with Gasteiger partial charge in [0.15, 0.2) is 0 Å². The van der Waals surface area contributed by atoms with Crippen molar-refractivity contribution < 1.29 is 19.4 Å². The zero-order valence-corrected chi connectivity index (χ0v) is 18.2. The summed E-state index contributed by atoms with van der Waals surface area (Å²) in [7, 11) is 0. The largest absolute Gasteiger partial charge is 0.507 e. The van der Waals surface area contributed by atoms with Gasteiger partial charge < -0.3 is 9.84 Å². The molecule has 1 atom stereocenters. The molecule has 1 amide bonds. The Morgan fingerprint density at radius 1 is 1.06 bits per heavy atom. The van der Waals surface area contributed by atoms with Gasteiger partial charge in [0.25, 0.3) is 5.78 Å². The maximum atomic E-state index is 13.1. The van der Waals surface area contributed by atoms with Crippen molar-refractivity contribution in [3.05, 3.63) is 94.7 Å². The van der Waals surface area contributed by atoms with Crippen LogP contribution in [-0.2, 0) is 9.59 Å². The molecule has 1 fully saturated rings. The molecule has 0 bridgehead atoms.